The van der Waals surface area contributed by atoms with Gasteiger partial charge in [-0.15, -0.1) is 0 Å². The van der Waals surface area contributed by atoms with Gasteiger partial charge in [-0.1, -0.05) is 25.0 Å². The van der Waals surface area contributed by atoms with Crippen LogP contribution in [0.5, 0.6) is 0 Å². The van der Waals surface area contributed by atoms with Crippen LogP contribution in [0.15, 0.2) is 30.3 Å². The average molecular weight is 284 g/mol. The minimum atomic E-state index is 0.170. The van der Waals surface area contributed by atoms with E-state index in [0.29, 0.717) is 6.04 Å². The summed E-state index contributed by atoms with van der Waals surface area (Å²) < 4.78 is 0. The van der Waals surface area contributed by atoms with Crippen LogP contribution in [0.2, 0.25) is 0 Å². The second-order valence-electron chi connectivity index (χ2n) is 6.29. The van der Waals surface area contributed by atoms with Crippen LogP contribution in [0.4, 0.5) is 5.69 Å². The number of piperidine rings is 1. The number of nitrogens with two attached hydrogens (primary N) is 1. The lowest BCUT2D eigenvalue weighted by Crippen LogP contribution is -2.49. The van der Waals surface area contributed by atoms with Gasteiger partial charge in [0.25, 0.3) is 0 Å². The highest BCUT2D eigenvalue weighted by Gasteiger charge is 2.34. The molecule has 2 N–H and O–H groups in total. The molecule has 1 heterocycles. The highest BCUT2D eigenvalue weighted by Crippen LogP contribution is 2.35. The van der Waals surface area contributed by atoms with Crippen LogP contribution in [0.25, 0.3) is 6.08 Å². The molecule has 1 aliphatic heterocycles. The summed E-state index contributed by atoms with van der Waals surface area (Å²) in [5.74, 6) is 0.907. The van der Waals surface area contributed by atoms with Gasteiger partial charge < -0.3 is 10.6 Å². The van der Waals surface area contributed by atoms with Crippen LogP contribution >= 0.6 is 0 Å². The summed E-state index contributed by atoms with van der Waals surface area (Å²) in [6, 6.07) is 8.10. The Labute approximate surface area is 126 Å². The zero-order chi connectivity index (χ0) is 14.7. The van der Waals surface area contributed by atoms with Crippen molar-refractivity contribution in [1.82, 2.24) is 4.90 Å². The molecular weight excluding hydrogens is 260 g/mol. The zero-order valence-electron chi connectivity index (χ0n) is 12.5. The summed E-state index contributed by atoms with van der Waals surface area (Å²) in [4.78, 5) is 14.6. The molecule has 1 saturated carbocycles. The first-order chi connectivity index (χ1) is 10.2. The van der Waals surface area contributed by atoms with Gasteiger partial charge in [0.15, 0.2) is 0 Å². The Balaban J connectivity index is 1.67. The Kier molecular flexibility index (Phi) is 4.28. The molecule has 2 unspecified atom stereocenters. The van der Waals surface area contributed by atoms with Crippen LogP contribution < -0.4 is 5.73 Å². The average Bonchev–Trinajstić information content (AvgIpc) is 2.53. The molecule has 1 amide bonds. The minimum absolute atomic E-state index is 0.170. The van der Waals surface area contributed by atoms with Crippen molar-refractivity contribution in [2.75, 3.05) is 12.3 Å². The van der Waals surface area contributed by atoms with Gasteiger partial charge in [0.05, 0.1) is 0 Å². The van der Waals surface area contributed by atoms with Gasteiger partial charge in [0.1, 0.15) is 0 Å². The maximum atomic E-state index is 12.5. The lowest BCUT2D eigenvalue weighted by molar-refractivity contribution is -0.132. The molecule has 3 nitrogen and oxygen atoms in total. The molecule has 3 rings (SSSR count). The fraction of sp³-hybridized carbons (Fsp3) is 0.500. The van der Waals surface area contributed by atoms with Crippen molar-refractivity contribution in [2.45, 2.75) is 44.6 Å². The molecule has 2 atom stereocenters. The number of amides is 1. The van der Waals surface area contributed by atoms with Gasteiger partial charge in [-0.05, 0) is 55.4 Å². The SMILES string of the molecule is Nc1ccc(/C=C/C(=O)N2CCCC3CCCCC32)cc1. The fourth-order valence-electron chi connectivity index (χ4n) is 3.77. The van der Waals surface area contributed by atoms with E-state index >= 15 is 0 Å². The lowest BCUT2D eigenvalue weighted by atomic mass is 9.78. The van der Waals surface area contributed by atoms with Crippen molar-refractivity contribution in [3.63, 3.8) is 0 Å². The first-order valence-electron chi connectivity index (χ1n) is 8.08. The fourth-order valence-corrected chi connectivity index (χ4v) is 3.77. The van der Waals surface area contributed by atoms with Crippen LogP contribution in [0.3, 0.4) is 0 Å². The van der Waals surface area contributed by atoms with Crippen molar-refractivity contribution < 1.29 is 4.79 Å². The van der Waals surface area contributed by atoms with Gasteiger partial charge in [0, 0.05) is 24.4 Å². The second kappa shape index (κ2) is 6.33. The minimum Gasteiger partial charge on any atom is -0.399 e. The van der Waals surface area contributed by atoms with E-state index in [1.54, 1.807) is 6.08 Å². The maximum absolute atomic E-state index is 12.5. The van der Waals surface area contributed by atoms with Crippen molar-refractivity contribution >= 4 is 17.7 Å². The van der Waals surface area contributed by atoms with E-state index < -0.39 is 0 Å². The van der Waals surface area contributed by atoms with Gasteiger partial charge in [-0.2, -0.15) is 0 Å². The smallest absolute Gasteiger partial charge is 0.246 e. The Morgan fingerprint density at radius 1 is 1.10 bits per heavy atom. The topological polar surface area (TPSA) is 46.3 Å². The molecule has 2 aliphatic rings. The van der Waals surface area contributed by atoms with Crippen molar-refractivity contribution in [1.29, 1.82) is 0 Å². The van der Waals surface area contributed by atoms with Gasteiger partial charge >= 0.3 is 0 Å². The van der Waals surface area contributed by atoms with Crippen molar-refractivity contribution in [3.8, 4) is 0 Å². The molecule has 112 valence electrons. The number of hydrogen-bond donors (Lipinski definition) is 1. The number of hydrogen-bond acceptors (Lipinski definition) is 2. The number of rotatable bonds is 2. The summed E-state index contributed by atoms with van der Waals surface area (Å²) in [6.45, 7) is 0.923. The molecular formula is C18H24N2O. The molecule has 1 aliphatic carbocycles. The third-order valence-corrected chi connectivity index (χ3v) is 4.88. The van der Waals surface area contributed by atoms with E-state index in [2.05, 4.69) is 4.90 Å². The summed E-state index contributed by atoms with van der Waals surface area (Å²) >= 11 is 0. The molecule has 1 aromatic rings. The Morgan fingerprint density at radius 2 is 1.81 bits per heavy atom. The van der Waals surface area contributed by atoms with Crippen LogP contribution in [0.1, 0.15) is 44.1 Å². The van der Waals surface area contributed by atoms with Crippen molar-refractivity contribution in [2.24, 2.45) is 5.92 Å². The number of carbonyl (C=O) groups is 1. The molecule has 1 aromatic carbocycles. The van der Waals surface area contributed by atoms with E-state index in [9.17, 15) is 4.79 Å². The zero-order valence-corrected chi connectivity index (χ0v) is 12.5. The molecule has 0 bridgehead atoms. The number of nitrogen functional groups attached to an aromatic ring is 1. The molecule has 3 heteroatoms. The summed E-state index contributed by atoms with van der Waals surface area (Å²) in [6.07, 6.45) is 11.2. The summed E-state index contributed by atoms with van der Waals surface area (Å²) in [5.41, 5.74) is 7.45. The van der Waals surface area contributed by atoms with Crippen LogP contribution in [0, 0.1) is 5.92 Å². The predicted molar refractivity (Wildman–Crippen MR) is 86.6 cm³/mol. The lowest BCUT2D eigenvalue weighted by Gasteiger charge is -2.43. The predicted octanol–water partition coefficient (Wildman–Crippen LogP) is 3.46. The third-order valence-electron chi connectivity index (χ3n) is 4.88. The highest BCUT2D eigenvalue weighted by molar-refractivity contribution is 5.92. The van der Waals surface area contributed by atoms with E-state index in [0.717, 1.165) is 30.1 Å². The number of anilines is 1. The van der Waals surface area contributed by atoms with Crippen molar-refractivity contribution in [3.05, 3.63) is 35.9 Å². The molecule has 0 aromatic heterocycles. The van der Waals surface area contributed by atoms with Crippen LogP contribution in [-0.4, -0.2) is 23.4 Å². The number of fused-ring (bicyclic) bond motifs is 1. The van der Waals surface area contributed by atoms with E-state index in [-0.39, 0.29) is 5.91 Å². The molecule has 0 spiro atoms. The summed E-state index contributed by atoms with van der Waals surface area (Å²) in [7, 11) is 0. The molecule has 1 saturated heterocycles. The monoisotopic (exact) mass is 284 g/mol. The maximum Gasteiger partial charge on any atom is 0.246 e. The number of likely N-dealkylation sites (tertiary alicyclic amines) is 1. The van der Waals surface area contributed by atoms with E-state index in [1.165, 1.54) is 32.1 Å². The molecule has 2 fully saturated rings. The van der Waals surface area contributed by atoms with Gasteiger partial charge in [-0.25, -0.2) is 0 Å². The number of nitrogens with zero attached hydrogens (tertiary/aromatic N) is 1. The Hall–Kier alpha value is -1.77. The quantitative estimate of drug-likeness (QED) is 0.667. The first kappa shape index (κ1) is 14.2. The summed E-state index contributed by atoms with van der Waals surface area (Å²) in [5, 5.41) is 0. The largest absolute Gasteiger partial charge is 0.399 e. The molecule has 0 radical (unpaired) electrons. The van der Waals surface area contributed by atoms with E-state index in [4.69, 9.17) is 5.73 Å². The standard InChI is InChI=1S/C18H24N2O/c19-16-10-7-14(8-11-16)9-12-18(21)20-13-3-5-15-4-1-2-6-17(15)20/h7-12,15,17H,1-6,13,19H2/b12-9+. The molecule has 21 heavy (non-hydrogen) atoms. The third kappa shape index (κ3) is 3.29. The number of benzene rings is 1. The normalized spacial score (nSPS) is 25.8. The number of carbonyl (C=O) groups excluding carboxylic acids is 1. The first-order valence-corrected chi connectivity index (χ1v) is 8.08. The van der Waals surface area contributed by atoms with Gasteiger partial charge in [0.2, 0.25) is 5.91 Å². The van der Waals surface area contributed by atoms with Crippen LogP contribution in [-0.2, 0) is 4.79 Å². The van der Waals surface area contributed by atoms with E-state index in [1.807, 2.05) is 30.3 Å². The Morgan fingerprint density at radius 3 is 2.62 bits per heavy atom. The van der Waals surface area contributed by atoms with Gasteiger partial charge in [-0.3, -0.25) is 4.79 Å². The Bertz CT molecular complexity index is 519. The highest BCUT2D eigenvalue weighted by atomic mass is 16.2. The second-order valence-corrected chi connectivity index (χ2v) is 6.29.